The highest BCUT2D eigenvalue weighted by Gasteiger charge is 2.38. The molecule has 1 fully saturated rings. The van der Waals surface area contributed by atoms with Crippen LogP contribution in [0.5, 0.6) is 11.5 Å². The lowest BCUT2D eigenvalue weighted by molar-refractivity contribution is 0.192. The predicted octanol–water partition coefficient (Wildman–Crippen LogP) is 1.59. The van der Waals surface area contributed by atoms with Gasteiger partial charge in [0.25, 0.3) is 0 Å². The number of halogens is 1. The quantitative estimate of drug-likeness (QED) is 0.875. The molecule has 1 aliphatic rings. The fourth-order valence-corrected chi connectivity index (χ4v) is 4.85. The van der Waals surface area contributed by atoms with E-state index in [1.165, 1.54) is 18.5 Å². The van der Waals surface area contributed by atoms with E-state index >= 15 is 0 Å². The van der Waals surface area contributed by atoms with Crippen molar-refractivity contribution in [2.45, 2.75) is 30.7 Å². The minimum atomic E-state index is -4.00. The van der Waals surface area contributed by atoms with E-state index in [1.807, 2.05) is 6.92 Å². The Hall–Kier alpha value is -1.38. The third-order valence-corrected chi connectivity index (χ3v) is 6.27. The van der Waals surface area contributed by atoms with Crippen LogP contribution in [0.25, 0.3) is 0 Å². The summed E-state index contributed by atoms with van der Waals surface area (Å²) in [6.07, 6.45) is 1.63. The maximum absolute atomic E-state index is 14.4. The second kappa shape index (κ2) is 7.02. The summed E-state index contributed by atoms with van der Waals surface area (Å²) in [5.74, 6) is -0.420. The molecule has 1 aromatic rings. The zero-order chi connectivity index (χ0) is 17.2. The van der Waals surface area contributed by atoms with Gasteiger partial charge < -0.3 is 15.2 Å². The van der Waals surface area contributed by atoms with E-state index < -0.39 is 20.7 Å². The number of piperidine rings is 1. The first-order chi connectivity index (χ1) is 10.9. The summed E-state index contributed by atoms with van der Waals surface area (Å²) >= 11 is 0. The summed E-state index contributed by atoms with van der Waals surface area (Å²) in [4.78, 5) is -0.414. The number of hydrogen-bond donors (Lipinski definition) is 1. The summed E-state index contributed by atoms with van der Waals surface area (Å²) < 4.78 is 51.6. The van der Waals surface area contributed by atoms with Crippen molar-refractivity contribution >= 4 is 10.0 Å². The molecule has 0 spiro atoms. The van der Waals surface area contributed by atoms with Crippen LogP contribution in [0.2, 0.25) is 0 Å². The molecule has 6 nitrogen and oxygen atoms in total. The van der Waals surface area contributed by atoms with Crippen molar-refractivity contribution in [3.8, 4) is 11.5 Å². The fourth-order valence-electron chi connectivity index (χ4n) is 3.02. The van der Waals surface area contributed by atoms with Crippen molar-refractivity contribution in [3.05, 3.63) is 17.9 Å². The van der Waals surface area contributed by atoms with Gasteiger partial charge in [-0.1, -0.05) is 6.92 Å². The van der Waals surface area contributed by atoms with Crippen molar-refractivity contribution in [1.82, 2.24) is 4.31 Å². The van der Waals surface area contributed by atoms with Crippen LogP contribution in [-0.4, -0.2) is 46.1 Å². The van der Waals surface area contributed by atoms with Crippen LogP contribution in [0.4, 0.5) is 4.39 Å². The van der Waals surface area contributed by atoms with E-state index in [4.69, 9.17) is 15.2 Å². The molecule has 2 atom stereocenters. The van der Waals surface area contributed by atoms with Crippen molar-refractivity contribution in [2.75, 3.05) is 27.3 Å². The fraction of sp³-hybridized carbons (Fsp3) is 0.600. The van der Waals surface area contributed by atoms with Crippen molar-refractivity contribution in [1.29, 1.82) is 0 Å². The Bertz CT molecular complexity index is 666. The molecule has 2 unspecified atom stereocenters. The molecule has 8 heteroatoms. The Morgan fingerprint density at radius 3 is 2.48 bits per heavy atom. The van der Waals surface area contributed by atoms with Gasteiger partial charge in [0.15, 0.2) is 11.5 Å². The average Bonchev–Trinajstić information content (AvgIpc) is 2.53. The molecule has 130 valence electrons. The number of nitrogens with two attached hydrogens (primary N) is 1. The molecule has 0 aliphatic carbocycles. The lowest BCUT2D eigenvalue weighted by Crippen LogP contribution is -2.51. The molecule has 1 saturated heterocycles. The Morgan fingerprint density at radius 1 is 1.30 bits per heavy atom. The highest BCUT2D eigenvalue weighted by molar-refractivity contribution is 7.89. The van der Waals surface area contributed by atoms with Crippen molar-refractivity contribution < 1.29 is 22.3 Å². The van der Waals surface area contributed by atoms with Crippen LogP contribution in [-0.2, 0) is 10.0 Å². The third kappa shape index (κ3) is 3.29. The monoisotopic (exact) mass is 346 g/mol. The van der Waals surface area contributed by atoms with E-state index in [0.29, 0.717) is 6.54 Å². The predicted molar refractivity (Wildman–Crippen MR) is 84.6 cm³/mol. The van der Waals surface area contributed by atoms with Gasteiger partial charge in [0.05, 0.1) is 14.2 Å². The molecule has 2 rings (SSSR count). The van der Waals surface area contributed by atoms with Crippen LogP contribution in [0.15, 0.2) is 17.0 Å². The van der Waals surface area contributed by atoms with Crippen LogP contribution in [0.3, 0.4) is 0 Å². The first-order valence-electron chi connectivity index (χ1n) is 7.50. The van der Waals surface area contributed by atoms with Gasteiger partial charge in [-0.3, -0.25) is 0 Å². The van der Waals surface area contributed by atoms with Crippen molar-refractivity contribution in [3.63, 3.8) is 0 Å². The number of methoxy groups -OCH3 is 2. The minimum absolute atomic E-state index is 0.131. The van der Waals surface area contributed by atoms with Crippen LogP contribution in [0.1, 0.15) is 19.8 Å². The van der Waals surface area contributed by atoms with Crippen LogP contribution in [0, 0.1) is 11.7 Å². The van der Waals surface area contributed by atoms with Gasteiger partial charge in [-0.2, -0.15) is 4.31 Å². The molecule has 23 heavy (non-hydrogen) atoms. The molecule has 1 aromatic carbocycles. The summed E-state index contributed by atoms with van der Waals surface area (Å²) in [6.45, 7) is 2.50. The smallest absolute Gasteiger partial charge is 0.246 e. The van der Waals surface area contributed by atoms with Crippen molar-refractivity contribution in [2.24, 2.45) is 11.7 Å². The van der Waals surface area contributed by atoms with Gasteiger partial charge in [0.1, 0.15) is 10.7 Å². The van der Waals surface area contributed by atoms with E-state index in [1.54, 1.807) is 0 Å². The SMILES string of the molecule is COc1cc(F)c(S(=O)(=O)N2CCCC(C)C2CN)cc1OC. The van der Waals surface area contributed by atoms with E-state index in [0.717, 1.165) is 25.0 Å². The first-order valence-corrected chi connectivity index (χ1v) is 8.94. The molecule has 0 aromatic heterocycles. The summed E-state index contributed by atoms with van der Waals surface area (Å²) in [5.41, 5.74) is 5.75. The molecule has 1 heterocycles. The second-order valence-corrected chi connectivity index (χ2v) is 7.53. The van der Waals surface area contributed by atoms with Gasteiger partial charge in [0.2, 0.25) is 10.0 Å². The average molecular weight is 346 g/mol. The van der Waals surface area contributed by atoms with Crippen LogP contribution < -0.4 is 15.2 Å². The molecule has 2 N–H and O–H groups in total. The molecule has 0 bridgehead atoms. The number of benzene rings is 1. The number of nitrogens with zero attached hydrogens (tertiary/aromatic N) is 1. The zero-order valence-electron chi connectivity index (χ0n) is 13.6. The first kappa shape index (κ1) is 18.0. The molecular formula is C15H23FN2O4S. The van der Waals surface area contributed by atoms with Gasteiger partial charge in [0, 0.05) is 31.3 Å². The Labute approximate surface area is 136 Å². The topological polar surface area (TPSA) is 81.9 Å². The highest BCUT2D eigenvalue weighted by Crippen LogP contribution is 2.35. The summed E-state index contributed by atoms with van der Waals surface area (Å²) in [5, 5.41) is 0. The van der Waals surface area contributed by atoms with E-state index in [-0.39, 0.29) is 30.0 Å². The molecule has 0 saturated carbocycles. The minimum Gasteiger partial charge on any atom is -0.493 e. The lowest BCUT2D eigenvalue weighted by Gasteiger charge is -2.38. The molecule has 0 radical (unpaired) electrons. The Kier molecular flexibility index (Phi) is 5.49. The van der Waals surface area contributed by atoms with E-state index in [9.17, 15) is 12.8 Å². The van der Waals surface area contributed by atoms with Crippen LogP contribution >= 0.6 is 0 Å². The van der Waals surface area contributed by atoms with Gasteiger partial charge in [-0.25, -0.2) is 12.8 Å². The Morgan fingerprint density at radius 2 is 1.91 bits per heavy atom. The number of rotatable bonds is 5. The lowest BCUT2D eigenvalue weighted by atomic mass is 9.93. The second-order valence-electron chi connectivity index (χ2n) is 5.68. The summed E-state index contributed by atoms with van der Waals surface area (Å²) in [7, 11) is -1.27. The number of ether oxygens (including phenoxy) is 2. The number of hydrogen-bond acceptors (Lipinski definition) is 5. The van der Waals surface area contributed by atoms with Gasteiger partial charge >= 0.3 is 0 Å². The van der Waals surface area contributed by atoms with Gasteiger partial charge in [-0.05, 0) is 18.8 Å². The normalized spacial score (nSPS) is 22.8. The summed E-state index contributed by atoms with van der Waals surface area (Å²) in [6, 6.07) is 1.86. The molecule has 0 amide bonds. The molecular weight excluding hydrogens is 323 g/mol. The van der Waals surface area contributed by atoms with Gasteiger partial charge in [-0.15, -0.1) is 0 Å². The standard InChI is InChI=1S/C15H23FN2O4S/c1-10-5-4-6-18(12(10)9-17)23(19,20)15-8-14(22-3)13(21-2)7-11(15)16/h7-8,10,12H,4-6,9,17H2,1-3H3. The van der Waals surface area contributed by atoms with E-state index in [2.05, 4.69) is 0 Å². The largest absolute Gasteiger partial charge is 0.493 e. The highest BCUT2D eigenvalue weighted by atomic mass is 32.2. The maximum Gasteiger partial charge on any atom is 0.246 e. The third-order valence-electron chi connectivity index (χ3n) is 4.33. The zero-order valence-corrected chi connectivity index (χ0v) is 14.4. The maximum atomic E-state index is 14.4. The molecule has 1 aliphatic heterocycles. The number of sulfonamides is 1. The Balaban J connectivity index is 2.50.